The smallest absolute Gasteiger partial charge is 0.306 e. The first-order chi connectivity index (χ1) is 28.0. The minimum Gasteiger partial charge on any atom is -0.462 e. The maximum atomic E-state index is 12.7. The number of hydrogen-bond donors (Lipinski definition) is 0. The third-order valence-corrected chi connectivity index (χ3v) is 10.6. The lowest BCUT2D eigenvalue weighted by Gasteiger charge is -2.18. The van der Waals surface area contributed by atoms with E-state index < -0.39 is 6.10 Å². The van der Waals surface area contributed by atoms with Gasteiger partial charge in [0.2, 0.25) is 0 Å². The van der Waals surface area contributed by atoms with Gasteiger partial charge in [-0.25, -0.2) is 0 Å². The normalized spacial score (nSPS) is 12.3. The number of carbonyl (C=O) groups excluding carboxylic acids is 3. The summed E-state index contributed by atoms with van der Waals surface area (Å²) in [6.07, 6.45) is 52.7. The molecule has 57 heavy (non-hydrogen) atoms. The molecule has 6 heteroatoms. The Morgan fingerprint density at radius 1 is 0.333 bits per heavy atom. The van der Waals surface area contributed by atoms with Gasteiger partial charge in [0.05, 0.1) is 0 Å². The molecule has 0 saturated carbocycles. The SMILES string of the molecule is CCCC/C=C\CCCCCCC(=O)OCC(COC(=O)CCCCCCC/C=C\CCCCCCCCC)OC(=O)CCCCC/C=C\CCCCCCCC. The van der Waals surface area contributed by atoms with E-state index in [1.165, 1.54) is 116 Å². The van der Waals surface area contributed by atoms with Gasteiger partial charge in [-0.15, -0.1) is 0 Å². The quantitative estimate of drug-likeness (QED) is 0.0264. The summed E-state index contributed by atoms with van der Waals surface area (Å²) in [7, 11) is 0. The molecular weight excluding hydrogens is 709 g/mol. The number of hydrogen-bond acceptors (Lipinski definition) is 6. The van der Waals surface area contributed by atoms with Crippen LogP contribution in [-0.4, -0.2) is 37.2 Å². The van der Waals surface area contributed by atoms with Crippen molar-refractivity contribution in [2.45, 2.75) is 258 Å². The van der Waals surface area contributed by atoms with E-state index in [1.807, 2.05) is 0 Å². The maximum absolute atomic E-state index is 12.7. The Morgan fingerprint density at radius 2 is 0.596 bits per heavy atom. The predicted octanol–water partition coefficient (Wildman–Crippen LogP) is 15.8. The van der Waals surface area contributed by atoms with E-state index in [1.54, 1.807) is 0 Å². The van der Waals surface area contributed by atoms with E-state index in [4.69, 9.17) is 14.2 Å². The summed E-state index contributed by atoms with van der Waals surface area (Å²) in [4.78, 5) is 37.8. The second-order valence-corrected chi connectivity index (χ2v) is 16.4. The minimum absolute atomic E-state index is 0.0851. The van der Waals surface area contributed by atoms with Gasteiger partial charge in [-0.2, -0.15) is 0 Å². The first-order valence-corrected chi connectivity index (χ1v) is 24.5. The van der Waals surface area contributed by atoms with Crippen LogP contribution in [0.3, 0.4) is 0 Å². The number of rotatable bonds is 44. The first-order valence-electron chi connectivity index (χ1n) is 24.5. The van der Waals surface area contributed by atoms with Crippen molar-refractivity contribution in [3.63, 3.8) is 0 Å². The van der Waals surface area contributed by atoms with E-state index in [0.29, 0.717) is 19.3 Å². The van der Waals surface area contributed by atoms with E-state index in [2.05, 4.69) is 57.2 Å². The van der Waals surface area contributed by atoms with Crippen molar-refractivity contribution in [2.24, 2.45) is 0 Å². The zero-order valence-corrected chi connectivity index (χ0v) is 37.9. The Labute approximate surface area is 353 Å². The highest BCUT2D eigenvalue weighted by Gasteiger charge is 2.19. The van der Waals surface area contributed by atoms with Gasteiger partial charge < -0.3 is 14.2 Å². The number of allylic oxidation sites excluding steroid dienone is 6. The minimum atomic E-state index is -0.784. The zero-order chi connectivity index (χ0) is 41.5. The van der Waals surface area contributed by atoms with Gasteiger partial charge in [-0.05, 0) is 89.9 Å². The molecule has 0 fully saturated rings. The number of esters is 3. The molecule has 0 rings (SSSR count). The Balaban J connectivity index is 4.37. The molecule has 0 saturated heterocycles. The molecule has 0 aromatic carbocycles. The molecule has 0 N–H and O–H groups in total. The zero-order valence-electron chi connectivity index (χ0n) is 37.9. The third kappa shape index (κ3) is 44.6. The van der Waals surface area contributed by atoms with Crippen LogP contribution in [0.1, 0.15) is 252 Å². The molecule has 0 aromatic rings. The molecule has 0 aromatic heterocycles. The van der Waals surface area contributed by atoms with Gasteiger partial charge in [0, 0.05) is 19.3 Å². The molecule has 1 atom stereocenters. The Kier molecular flexibility index (Phi) is 44.4. The van der Waals surface area contributed by atoms with Crippen LogP contribution in [0, 0.1) is 0 Å². The van der Waals surface area contributed by atoms with Crippen LogP contribution < -0.4 is 0 Å². The summed E-state index contributed by atoms with van der Waals surface area (Å²) in [5.41, 5.74) is 0. The summed E-state index contributed by atoms with van der Waals surface area (Å²) in [5.74, 6) is -0.919. The molecule has 0 radical (unpaired) electrons. The van der Waals surface area contributed by atoms with Gasteiger partial charge in [-0.1, -0.05) is 179 Å². The Hall–Kier alpha value is -2.37. The topological polar surface area (TPSA) is 78.9 Å². The molecular formula is C51H92O6. The largest absolute Gasteiger partial charge is 0.462 e. The summed E-state index contributed by atoms with van der Waals surface area (Å²) in [6, 6.07) is 0. The highest BCUT2D eigenvalue weighted by Crippen LogP contribution is 2.14. The molecule has 332 valence electrons. The van der Waals surface area contributed by atoms with Crippen molar-refractivity contribution in [2.75, 3.05) is 13.2 Å². The Bertz CT molecular complexity index is 969. The highest BCUT2D eigenvalue weighted by atomic mass is 16.6. The second-order valence-electron chi connectivity index (χ2n) is 16.4. The highest BCUT2D eigenvalue weighted by molar-refractivity contribution is 5.71. The number of ether oxygens (including phenoxy) is 3. The molecule has 0 aliphatic rings. The first kappa shape index (κ1) is 54.6. The van der Waals surface area contributed by atoms with Crippen molar-refractivity contribution in [1.82, 2.24) is 0 Å². The van der Waals surface area contributed by atoms with Crippen LogP contribution in [-0.2, 0) is 28.6 Å². The lowest BCUT2D eigenvalue weighted by Crippen LogP contribution is -2.30. The van der Waals surface area contributed by atoms with E-state index >= 15 is 0 Å². The summed E-state index contributed by atoms with van der Waals surface area (Å²) < 4.78 is 16.7. The summed E-state index contributed by atoms with van der Waals surface area (Å²) in [5, 5.41) is 0. The van der Waals surface area contributed by atoms with Gasteiger partial charge in [0.25, 0.3) is 0 Å². The van der Waals surface area contributed by atoms with Crippen molar-refractivity contribution in [1.29, 1.82) is 0 Å². The molecule has 0 heterocycles. The van der Waals surface area contributed by atoms with Crippen LogP contribution >= 0.6 is 0 Å². The van der Waals surface area contributed by atoms with Crippen LogP contribution in [0.2, 0.25) is 0 Å². The van der Waals surface area contributed by atoms with Crippen LogP contribution in [0.25, 0.3) is 0 Å². The standard InChI is InChI=1S/C51H92O6/c1-4-7-10-13-16-19-22-24-25-26-28-29-32-35-38-41-44-50(53)56-47-48(46-55-49(52)43-40-37-34-31-21-18-15-12-9-6-3)57-51(54)45-42-39-36-33-30-27-23-20-17-14-11-8-5-2/h15,18,25-27,30,48H,4-14,16-17,19-24,28-29,31-47H2,1-3H3/b18-15-,26-25-,30-27-. The van der Waals surface area contributed by atoms with Gasteiger partial charge >= 0.3 is 17.9 Å². The van der Waals surface area contributed by atoms with Gasteiger partial charge in [0.15, 0.2) is 6.10 Å². The fourth-order valence-corrected chi connectivity index (χ4v) is 6.82. The monoisotopic (exact) mass is 801 g/mol. The van der Waals surface area contributed by atoms with Crippen molar-refractivity contribution >= 4 is 17.9 Å². The van der Waals surface area contributed by atoms with Crippen molar-refractivity contribution in [3.8, 4) is 0 Å². The van der Waals surface area contributed by atoms with Gasteiger partial charge in [0.1, 0.15) is 13.2 Å². The number of carbonyl (C=O) groups is 3. The molecule has 0 amide bonds. The second kappa shape index (κ2) is 46.3. The molecule has 0 bridgehead atoms. The molecule has 0 aliphatic heterocycles. The van der Waals surface area contributed by atoms with Crippen LogP contribution in [0.5, 0.6) is 0 Å². The van der Waals surface area contributed by atoms with Crippen LogP contribution in [0.4, 0.5) is 0 Å². The lowest BCUT2D eigenvalue weighted by atomic mass is 10.1. The molecule has 0 spiro atoms. The third-order valence-electron chi connectivity index (χ3n) is 10.6. The Morgan fingerprint density at radius 3 is 0.947 bits per heavy atom. The van der Waals surface area contributed by atoms with E-state index in [0.717, 1.165) is 96.3 Å². The molecule has 1 unspecified atom stereocenters. The fourth-order valence-electron chi connectivity index (χ4n) is 6.82. The average molecular weight is 801 g/mol. The van der Waals surface area contributed by atoms with Crippen molar-refractivity contribution < 1.29 is 28.6 Å². The predicted molar refractivity (Wildman–Crippen MR) is 242 cm³/mol. The molecule has 0 aliphatic carbocycles. The van der Waals surface area contributed by atoms with Gasteiger partial charge in [-0.3, -0.25) is 14.4 Å². The van der Waals surface area contributed by atoms with E-state index in [9.17, 15) is 14.4 Å². The van der Waals surface area contributed by atoms with E-state index in [-0.39, 0.29) is 31.1 Å². The lowest BCUT2D eigenvalue weighted by molar-refractivity contribution is -0.167. The molecule has 6 nitrogen and oxygen atoms in total. The maximum Gasteiger partial charge on any atom is 0.306 e. The van der Waals surface area contributed by atoms with Crippen LogP contribution in [0.15, 0.2) is 36.5 Å². The summed E-state index contributed by atoms with van der Waals surface area (Å²) in [6.45, 7) is 6.56. The summed E-state index contributed by atoms with van der Waals surface area (Å²) >= 11 is 0. The fraction of sp³-hybridized carbons (Fsp3) is 0.824. The number of unbranched alkanes of at least 4 members (excludes halogenated alkanes) is 27. The average Bonchev–Trinajstić information content (AvgIpc) is 3.21. The van der Waals surface area contributed by atoms with Crippen molar-refractivity contribution in [3.05, 3.63) is 36.5 Å².